The van der Waals surface area contributed by atoms with Gasteiger partial charge in [-0.05, 0) is 35.5 Å². The van der Waals surface area contributed by atoms with Gasteiger partial charge in [-0.2, -0.15) is 4.80 Å². The minimum absolute atomic E-state index is 0.0654. The van der Waals surface area contributed by atoms with E-state index >= 15 is 0 Å². The lowest BCUT2D eigenvalue weighted by molar-refractivity contribution is 0.100. The smallest absolute Gasteiger partial charge is 0.414 e. The molecule has 2 N–H and O–H groups in total. The van der Waals surface area contributed by atoms with E-state index in [1.807, 2.05) is 0 Å². The van der Waals surface area contributed by atoms with Gasteiger partial charge in [0.1, 0.15) is 17.7 Å². The topological polar surface area (TPSA) is 145 Å². The molecule has 2 atom stereocenters. The molecule has 1 fully saturated rings. The van der Waals surface area contributed by atoms with Crippen LogP contribution in [0, 0.1) is 5.82 Å². The van der Waals surface area contributed by atoms with Crippen molar-refractivity contribution in [3.05, 3.63) is 42.3 Å². The van der Waals surface area contributed by atoms with Crippen LogP contribution in [0.25, 0.3) is 11.1 Å². The Morgan fingerprint density at radius 2 is 2.19 bits per heavy atom. The number of hydrogen-bond acceptors (Lipinski definition) is 9. The summed E-state index contributed by atoms with van der Waals surface area (Å²) >= 11 is 0. The van der Waals surface area contributed by atoms with Crippen LogP contribution in [0.4, 0.5) is 26.6 Å². The van der Waals surface area contributed by atoms with Crippen LogP contribution >= 0.6 is 7.60 Å². The molecule has 3 heterocycles. The SMILES string of the molecule is Cn1nnc(Nc2ccc(-c3ccc(N4C[C@H](COP(C)(=O)O)OC4=O)cc3F)cn2)n1. The van der Waals surface area contributed by atoms with Crippen LogP contribution in [0.15, 0.2) is 36.5 Å². The molecular formula is C18H19FN7O5P. The van der Waals surface area contributed by atoms with Crippen LogP contribution in [0.1, 0.15) is 0 Å². The van der Waals surface area contributed by atoms with Crippen molar-refractivity contribution < 1.29 is 27.9 Å². The van der Waals surface area contributed by atoms with E-state index in [1.165, 1.54) is 28.0 Å². The van der Waals surface area contributed by atoms with Gasteiger partial charge in [0.15, 0.2) is 0 Å². The van der Waals surface area contributed by atoms with Crippen molar-refractivity contribution in [3.63, 3.8) is 0 Å². The molecule has 1 aromatic carbocycles. The van der Waals surface area contributed by atoms with Crippen LogP contribution in [-0.2, 0) is 20.9 Å². The third-order valence-electron chi connectivity index (χ3n) is 4.46. The second-order valence-corrected chi connectivity index (χ2v) is 8.90. The van der Waals surface area contributed by atoms with Crippen molar-refractivity contribution in [2.45, 2.75) is 6.10 Å². The molecule has 32 heavy (non-hydrogen) atoms. The van der Waals surface area contributed by atoms with Gasteiger partial charge in [-0.1, -0.05) is 5.10 Å². The maximum Gasteiger partial charge on any atom is 0.414 e. The highest BCUT2D eigenvalue weighted by Gasteiger charge is 2.34. The number of aromatic nitrogens is 5. The molecule has 0 saturated carbocycles. The van der Waals surface area contributed by atoms with E-state index < -0.39 is 25.6 Å². The molecule has 0 radical (unpaired) electrons. The maximum atomic E-state index is 14.8. The van der Waals surface area contributed by atoms with Gasteiger partial charge in [0.05, 0.1) is 25.9 Å². The fourth-order valence-corrected chi connectivity index (χ4v) is 3.47. The molecule has 14 heteroatoms. The molecule has 1 saturated heterocycles. The zero-order valence-electron chi connectivity index (χ0n) is 17.0. The first-order valence-electron chi connectivity index (χ1n) is 9.38. The Labute approximate surface area is 181 Å². The van der Waals surface area contributed by atoms with Crippen LogP contribution in [0.5, 0.6) is 0 Å². The summed E-state index contributed by atoms with van der Waals surface area (Å²) in [6.07, 6.45) is 0.0645. The fraction of sp³-hybridized carbons (Fsp3) is 0.278. The predicted molar refractivity (Wildman–Crippen MR) is 111 cm³/mol. The molecule has 1 aliphatic rings. The summed E-state index contributed by atoms with van der Waals surface area (Å²) < 4.78 is 36.0. The van der Waals surface area contributed by atoms with Crippen molar-refractivity contribution in [1.82, 2.24) is 25.2 Å². The Morgan fingerprint density at radius 1 is 1.38 bits per heavy atom. The molecule has 0 aliphatic carbocycles. The first-order chi connectivity index (χ1) is 15.2. The lowest BCUT2D eigenvalue weighted by atomic mass is 10.1. The average molecular weight is 463 g/mol. The van der Waals surface area contributed by atoms with Gasteiger partial charge in [0, 0.05) is 24.0 Å². The number of benzene rings is 1. The summed E-state index contributed by atoms with van der Waals surface area (Å²) in [6, 6.07) is 7.65. The first-order valence-corrected chi connectivity index (χ1v) is 11.4. The number of ether oxygens (including phenoxy) is 1. The third-order valence-corrected chi connectivity index (χ3v) is 5.09. The number of hydrogen-bond donors (Lipinski definition) is 2. The summed E-state index contributed by atoms with van der Waals surface area (Å²) in [5, 5.41) is 14.4. The molecule has 1 amide bonds. The molecule has 4 rings (SSSR count). The Morgan fingerprint density at radius 3 is 2.81 bits per heavy atom. The zero-order chi connectivity index (χ0) is 22.9. The van der Waals surface area contributed by atoms with Gasteiger partial charge < -0.3 is 19.5 Å². The minimum Gasteiger partial charge on any atom is -0.441 e. The van der Waals surface area contributed by atoms with E-state index in [0.29, 0.717) is 22.6 Å². The number of rotatable bonds is 7. The van der Waals surface area contributed by atoms with Gasteiger partial charge in [-0.25, -0.2) is 14.2 Å². The normalized spacial score (nSPS) is 17.8. The molecule has 12 nitrogen and oxygen atoms in total. The van der Waals surface area contributed by atoms with E-state index in [0.717, 1.165) is 6.66 Å². The summed E-state index contributed by atoms with van der Waals surface area (Å²) in [6.45, 7) is 0.874. The Kier molecular flexibility index (Phi) is 5.87. The van der Waals surface area contributed by atoms with Gasteiger partial charge in [-0.15, -0.1) is 5.10 Å². The first kappa shape index (κ1) is 21.8. The largest absolute Gasteiger partial charge is 0.441 e. The number of nitrogens with zero attached hydrogens (tertiary/aromatic N) is 6. The highest BCUT2D eigenvalue weighted by molar-refractivity contribution is 7.51. The van der Waals surface area contributed by atoms with E-state index in [1.54, 1.807) is 25.2 Å². The summed E-state index contributed by atoms with van der Waals surface area (Å²) in [4.78, 5) is 28.1. The summed E-state index contributed by atoms with van der Waals surface area (Å²) in [5.74, 6) is 0.193. The molecular weight excluding hydrogens is 444 g/mol. The van der Waals surface area contributed by atoms with Crippen molar-refractivity contribution >= 4 is 31.1 Å². The van der Waals surface area contributed by atoms with Crippen molar-refractivity contribution in [1.29, 1.82) is 0 Å². The van der Waals surface area contributed by atoms with E-state index in [-0.39, 0.29) is 19.1 Å². The van der Waals surface area contributed by atoms with Gasteiger partial charge in [0.25, 0.3) is 5.95 Å². The molecule has 1 aliphatic heterocycles. The number of cyclic esters (lactones) is 1. The fourth-order valence-electron chi connectivity index (χ4n) is 3.02. The Bertz CT molecular complexity index is 1180. The van der Waals surface area contributed by atoms with Crippen molar-refractivity contribution in [2.75, 3.05) is 30.0 Å². The van der Waals surface area contributed by atoms with Crippen molar-refractivity contribution in [2.24, 2.45) is 7.05 Å². The van der Waals surface area contributed by atoms with Crippen LogP contribution in [0.2, 0.25) is 0 Å². The zero-order valence-corrected chi connectivity index (χ0v) is 17.9. The molecule has 3 aromatic rings. The highest BCUT2D eigenvalue weighted by atomic mass is 31.2. The second kappa shape index (κ2) is 8.61. The maximum absolute atomic E-state index is 14.8. The van der Waals surface area contributed by atoms with Crippen LogP contribution in [0.3, 0.4) is 0 Å². The standard InChI is InChI=1S/C18H19FN7O5P/c1-25-23-17(22-24-25)21-16-6-3-11(8-20-16)14-5-4-12(7-15(14)19)26-9-13(31-18(26)27)10-30-32(2,28)29/h3-8,13H,9-10H2,1-2H3,(H,28,29)(H,20,21,23)/t13-/m1/s1. The van der Waals surface area contributed by atoms with E-state index in [9.17, 15) is 18.6 Å². The lowest BCUT2D eigenvalue weighted by Crippen LogP contribution is -2.25. The van der Waals surface area contributed by atoms with Gasteiger partial charge in [0.2, 0.25) is 0 Å². The number of pyridine rings is 1. The number of amides is 1. The molecule has 0 spiro atoms. The van der Waals surface area contributed by atoms with Crippen molar-refractivity contribution in [3.8, 4) is 11.1 Å². The predicted octanol–water partition coefficient (Wildman–Crippen LogP) is 2.31. The number of aryl methyl sites for hydroxylation is 1. The number of anilines is 3. The quantitative estimate of drug-likeness (QED) is 0.501. The second-order valence-electron chi connectivity index (χ2n) is 7.04. The van der Waals surface area contributed by atoms with Gasteiger partial charge in [-0.3, -0.25) is 9.46 Å². The van der Waals surface area contributed by atoms with Crippen LogP contribution in [-0.4, -0.2) is 62.1 Å². The lowest BCUT2D eigenvalue weighted by Gasteiger charge is -2.15. The minimum atomic E-state index is -3.69. The summed E-state index contributed by atoms with van der Waals surface area (Å²) in [7, 11) is -2.06. The number of nitrogens with one attached hydrogen (secondary N) is 1. The van der Waals surface area contributed by atoms with E-state index in [2.05, 4.69) is 25.7 Å². The average Bonchev–Trinajstić information content (AvgIpc) is 3.31. The van der Waals surface area contributed by atoms with E-state index in [4.69, 9.17) is 9.26 Å². The monoisotopic (exact) mass is 463 g/mol. The van der Waals surface area contributed by atoms with Gasteiger partial charge >= 0.3 is 13.7 Å². The molecule has 168 valence electrons. The summed E-state index contributed by atoms with van der Waals surface area (Å²) in [5.41, 5.74) is 1.12. The Hall–Kier alpha value is -3.41. The Balaban J connectivity index is 1.45. The molecule has 0 bridgehead atoms. The number of carbonyl (C=O) groups excluding carboxylic acids is 1. The highest BCUT2D eigenvalue weighted by Crippen LogP contribution is 2.37. The molecule has 2 aromatic heterocycles. The molecule has 1 unspecified atom stereocenters. The number of carbonyl (C=O) groups is 1. The number of tetrazole rings is 1. The van der Waals surface area contributed by atoms with Crippen LogP contribution < -0.4 is 10.2 Å². The third kappa shape index (κ3) is 5.07. The number of halogens is 1.